The maximum atomic E-state index is 5.06. The van der Waals surface area contributed by atoms with Crippen molar-refractivity contribution in [2.24, 2.45) is 0 Å². The Balaban J connectivity index is 2.23. The van der Waals surface area contributed by atoms with E-state index in [1.54, 1.807) is 13.4 Å². The van der Waals surface area contributed by atoms with Crippen molar-refractivity contribution >= 4 is 11.9 Å². The van der Waals surface area contributed by atoms with E-state index in [1.165, 1.54) is 11.0 Å². The Hall–Kier alpha value is -2.29. The van der Waals surface area contributed by atoms with Crippen molar-refractivity contribution in [3.05, 3.63) is 12.7 Å². The molecule has 0 saturated carbocycles. The molecule has 0 unspecified atom stereocenters. The van der Waals surface area contributed by atoms with Gasteiger partial charge in [0.15, 0.2) is 0 Å². The third-order valence-corrected chi connectivity index (χ3v) is 2.75. The lowest BCUT2D eigenvalue weighted by molar-refractivity contribution is 0.196. The second-order valence-electron chi connectivity index (χ2n) is 4.40. The van der Waals surface area contributed by atoms with E-state index in [1.807, 2.05) is 18.9 Å². The predicted molar refractivity (Wildman–Crippen MR) is 78.7 cm³/mol. The molecule has 2 heterocycles. The SMILES string of the molecule is CCNc1nc(N(C)CCCOC)nc(-n2cncn2)n1. The van der Waals surface area contributed by atoms with Crippen LogP contribution in [-0.2, 0) is 4.74 Å². The summed E-state index contributed by atoms with van der Waals surface area (Å²) in [7, 11) is 3.63. The lowest BCUT2D eigenvalue weighted by atomic mass is 10.4. The van der Waals surface area contributed by atoms with Gasteiger partial charge in [0.25, 0.3) is 5.95 Å². The van der Waals surface area contributed by atoms with Gasteiger partial charge >= 0.3 is 0 Å². The lowest BCUT2D eigenvalue weighted by Gasteiger charge is -2.17. The van der Waals surface area contributed by atoms with Crippen LogP contribution in [0.3, 0.4) is 0 Å². The topological polar surface area (TPSA) is 93.9 Å². The molecule has 0 spiro atoms. The molecule has 0 saturated heterocycles. The van der Waals surface area contributed by atoms with Gasteiger partial charge < -0.3 is 15.0 Å². The van der Waals surface area contributed by atoms with E-state index in [2.05, 4.69) is 30.4 Å². The van der Waals surface area contributed by atoms with Gasteiger partial charge in [0.1, 0.15) is 12.7 Å². The molecule has 0 aliphatic heterocycles. The maximum Gasteiger partial charge on any atom is 0.258 e. The maximum absolute atomic E-state index is 5.06. The third kappa shape index (κ3) is 4.09. The number of methoxy groups -OCH3 is 1. The van der Waals surface area contributed by atoms with E-state index in [-0.39, 0.29) is 0 Å². The molecule has 0 fully saturated rings. The van der Waals surface area contributed by atoms with Crippen molar-refractivity contribution in [2.45, 2.75) is 13.3 Å². The first-order chi connectivity index (χ1) is 10.2. The molecule has 0 radical (unpaired) electrons. The summed E-state index contributed by atoms with van der Waals surface area (Å²) >= 11 is 0. The molecular formula is C12H20N8O. The highest BCUT2D eigenvalue weighted by molar-refractivity contribution is 5.39. The van der Waals surface area contributed by atoms with E-state index < -0.39 is 0 Å². The lowest BCUT2D eigenvalue weighted by Crippen LogP contribution is -2.24. The fourth-order valence-corrected chi connectivity index (χ4v) is 1.72. The molecule has 0 amide bonds. The minimum absolute atomic E-state index is 0.437. The molecule has 114 valence electrons. The van der Waals surface area contributed by atoms with Crippen molar-refractivity contribution in [3.63, 3.8) is 0 Å². The molecule has 0 bridgehead atoms. The van der Waals surface area contributed by atoms with Crippen LogP contribution in [0, 0.1) is 0 Å². The zero-order valence-electron chi connectivity index (χ0n) is 12.5. The number of hydrogen-bond donors (Lipinski definition) is 1. The van der Waals surface area contributed by atoms with Gasteiger partial charge in [-0.15, -0.1) is 0 Å². The van der Waals surface area contributed by atoms with E-state index in [0.29, 0.717) is 24.5 Å². The summed E-state index contributed by atoms with van der Waals surface area (Å²) in [5.41, 5.74) is 0. The number of anilines is 2. The summed E-state index contributed by atoms with van der Waals surface area (Å²) in [5, 5.41) is 7.15. The zero-order chi connectivity index (χ0) is 15.1. The summed E-state index contributed by atoms with van der Waals surface area (Å²) in [4.78, 5) is 19.0. The summed E-state index contributed by atoms with van der Waals surface area (Å²) in [6, 6.07) is 0. The molecule has 0 atom stereocenters. The van der Waals surface area contributed by atoms with Crippen molar-refractivity contribution < 1.29 is 4.74 Å². The number of nitrogens with zero attached hydrogens (tertiary/aromatic N) is 7. The average molecular weight is 292 g/mol. The van der Waals surface area contributed by atoms with Crippen LogP contribution < -0.4 is 10.2 Å². The van der Waals surface area contributed by atoms with Crippen LogP contribution in [0.15, 0.2) is 12.7 Å². The van der Waals surface area contributed by atoms with E-state index >= 15 is 0 Å². The second kappa shape index (κ2) is 7.48. The van der Waals surface area contributed by atoms with E-state index in [0.717, 1.165) is 19.5 Å². The molecule has 1 N–H and O–H groups in total. The van der Waals surface area contributed by atoms with Gasteiger partial charge in [-0.3, -0.25) is 0 Å². The first kappa shape index (κ1) is 15.1. The fraction of sp³-hybridized carbons (Fsp3) is 0.583. The smallest absolute Gasteiger partial charge is 0.258 e. The number of nitrogens with one attached hydrogen (secondary N) is 1. The molecule has 2 rings (SSSR count). The normalized spacial score (nSPS) is 10.6. The molecule has 0 aliphatic rings. The Morgan fingerprint density at radius 1 is 1.33 bits per heavy atom. The summed E-state index contributed by atoms with van der Waals surface area (Å²) in [6.45, 7) is 4.21. The zero-order valence-corrected chi connectivity index (χ0v) is 12.5. The van der Waals surface area contributed by atoms with Crippen LogP contribution in [0.5, 0.6) is 0 Å². The van der Waals surface area contributed by atoms with Crippen LogP contribution in [-0.4, -0.2) is 63.6 Å². The van der Waals surface area contributed by atoms with Crippen LogP contribution in [0.4, 0.5) is 11.9 Å². The standard InChI is InChI=1S/C12H20N8O/c1-4-14-10-16-11(19(2)6-5-7-21-3)18-12(17-10)20-9-13-8-15-20/h8-9H,4-7H2,1-3H3,(H,14,16,17,18). The van der Waals surface area contributed by atoms with Crippen molar-refractivity contribution in [3.8, 4) is 5.95 Å². The van der Waals surface area contributed by atoms with Crippen LogP contribution >= 0.6 is 0 Å². The van der Waals surface area contributed by atoms with Gasteiger partial charge in [0, 0.05) is 33.9 Å². The van der Waals surface area contributed by atoms with Crippen molar-refractivity contribution in [1.29, 1.82) is 0 Å². The number of ether oxygens (including phenoxy) is 1. The molecule has 0 aromatic carbocycles. The fourth-order valence-electron chi connectivity index (χ4n) is 1.72. The third-order valence-electron chi connectivity index (χ3n) is 2.75. The number of hydrogen-bond acceptors (Lipinski definition) is 8. The Kier molecular flexibility index (Phi) is 5.38. The monoisotopic (exact) mass is 292 g/mol. The Labute approximate surface area is 123 Å². The highest BCUT2D eigenvalue weighted by Gasteiger charge is 2.11. The number of aromatic nitrogens is 6. The molecule has 2 aromatic rings. The second-order valence-corrected chi connectivity index (χ2v) is 4.40. The molecule has 21 heavy (non-hydrogen) atoms. The average Bonchev–Trinajstić information content (AvgIpc) is 3.02. The summed E-state index contributed by atoms with van der Waals surface area (Å²) < 4.78 is 6.57. The highest BCUT2D eigenvalue weighted by atomic mass is 16.5. The predicted octanol–water partition coefficient (Wildman–Crippen LogP) is 0.357. The van der Waals surface area contributed by atoms with Crippen molar-refractivity contribution in [1.82, 2.24) is 29.7 Å². The molecule has 0 aliphatic carbocycles. The van der Waals surface area contributed by atoms with Crippen LogP contribution in [0.2, 0.25) is 0 Å². The number of rotatable bonds is 8. The van der Waals surface area contributed by atoms with Crippen LogP contribution in [0.25, 0.3) is 5.95 Å². The molecule has 9 heteroatoms. The quantitative estimate of drug-likeness (QED) is 0.697. The van der Waals surface area contributed by atoms with Crippen LogP contribution in [0.1, 0.15) is 13.3 Å². The Bertz CT molecular complexity index is 544. The van der Waals surface area contributed by atoms with Gasteiger partial charge in [-0.25, -0.2) is 4.98 Å². The largest absolute Gasteiger partial charge is 0.385 e. The van der Waals surface area contributed by atoms with Gasteiger partial charge in [-0.2, -0.15) is 24.7 Å². The molecular weight excluding hydrogens is 272 g/mol. The first-order valence-corrected chi connectivity index (χ1v) is 6.79. The highest BCUT2D eigenvalue weighted by Crippen LogP contribution is 2.11. The Morgan fingerprint density at radius 2 is 2.19 bits per heavy atom. The van der Waals surface area contributed by atoms with Crippen molar-refractivity contribution in [2.75, 3.05) is 44.1 Å². The summed E-state index contributed by atoms with van der Waals surface area (Å²) in [5.74, 6) is 1.54. The van der Waals surface area contributed by atoms with Gasteiger partial charge in [0.05, 0.1) is 0 Å². The molecule has 9 nitrogen and oxygen atoms in total. The van der Waals surface area contributed by atoms with Gasteiger partial charge in [0.2, 0.25) is 11.9 Å². The Morgan fingerprint density at radius 3 is 2.86 bits per heavy atom. The van der Waals surface area contributed by atoms with E-state index in [9.17, 15) is 0 Å². The van der Waals surface area contributed by atoms with Gasteiger partial charge in [-0.1, -0.05) is 0 Å². The minimum atomic E-state index is 0.437. The first-order valence-electron chi connectivity index (χ1n) is 6.79. The summed E-state index contributed by atoms with van der Waals surface area (Å²) in [6.07, 6.45) is 3.90. The minimum Gasteiger partial charge on any atom is -0.385 e. The van der Waals surface area contributed by atoms with Gasteiger partial charge in [-0.05, 0) is 13.3 Å². The molecule has 2 aromatic heterocycles. The van der Waals surface area contributed by atoms with E-state index in [4.69, 9.17) is 4.74 Å².